The minimum Gasteiger partial charge on any atom is -0.444 e. The summed E-state index contributed by atoms with van der Waals surface area (Å²) in [6, 6.07) is 0. The molecular weight excluding hydrogens is 162 g/mol. The fourth-order valence-corrected chi connectivity index (χ4v) is 1.58. The Morgan fingerprint density at radius 1 is 1.36 bits per heavy atom. The second-order valence-electron chi connectivity index (χ2n) is 2.82. The van der Waals surface area contributed by atoms with Crippen molar-refractivity contribution in [1.82, 2.24) is 4.98 Å². The molecule has 0 bridgehead atoms. The summed E-state index contributed by atoms with van der Waals surface area (Å²) < 4.78 is 5.41. The van der Waals surface area contributed by atoms with Gasteiger partial charge in [0.2, 0.25) is 5.89 Å². The van der Waals surface area contributed by atoms with E-state index in [1.54, 1.807) is 0 Å². The summed E-state index contributed by atoms with van der Waals surface area (Å²) in [7, 11) is 0. The minimum absolute atomic E-state index is 0.396. The maximum atomic E-state index is 5.59. The standard InChI is InChI=1S/C8H10ClNO/c9-5-8-10-6-3-1-2-4-7(6)11-8/h1-5H2. The van der Waals surface area contributed by atoms with Crippen LogP contribution < -0.4 is 0 Å². The van der Waals surface area contributed by atoms with Gasteiger partial charge in [-0.1, -0.05) is 0 Å². The zero-order valence-corrected chi connectivity index (χ0v) is 7.02. The zero-order chi connectivity index (χ0) is 7.68. The topological polar surface area (TPSA) is 26.0 Å². The van der Waals surface area contributed by atoms with Gasteiger partial charge in [0, 0.05) is 6.42 Å². The molecule has 0 N–H and O–H groups in total. The van der Waals surface area contributed by atoms with E-state index in [1.165, 1.54) is 12.8 Å². The van der Waals surface area contributed by atoms with Gasteiger partial charge in [0.25, 0.3) is 0 Å². The molecule has 1 aliphatic carbocycles. The average Bonchev–Trinajstić information content (AvgIpc) is 2.46. The van der Waals surface area contributed by atoms with E-state index in [0.29, 0.717) is 11.8 Å². The molecule has 0 saturated carbocycles. The highest BCUT2D eigenvalue weighted by atomic mass is 35.5. The maximum Gasteiger partial charge on any atom is 0.209 e. The Morgan fingerprint density at radius 3 is 2.91 bits per heavy atom. The molecule has 2 nitrogen and oxygen atoms in total. The number of alkyl halides is 1. The molecule has 0 amide bonds. The predicted octanol–water partition coefficient (Wildman–Crippen LogP) is 2.29. The molecule has 0 saturated heterocycles. The number of aryl methyl sites for hydroxylation is 2. The molecule has 0 aliphatic heterocycles. The summed E-state index contributed by atoms with van der Waals surface area (Å²) in [6.07, 6.45) is 4.57. The van der Waals surface area contributed by atoms with Crippen LogP contribution in [0.1, 0.15) is 30.2 Å². The van der Waals surface area contributed by atoms with E-state index in [2.05, 4.69) is 4.98 Å². The molecule has 0 unspecified atom stereocenters. The molecule has 1 heterocycles. The van der Waals surface area contributed by atoms with E-state index < -0.39 is 0 Å². The number of nitrogens with zero attached hydrogens (tertiary/aromatic N) is 1. The zero-order valence-electron chi connectivity index (χ0n) is 6.27. The lowest BCUT2D eigenvalue weighted by Crippen LogP contribution is -1.99. The van der Waals surface area contributed by atoms with Gasteiger partial charge in [0.05, 0.1) is 11.6 Å². The highest BCUT2D eigenvalue weighted by Crippen LogP contribution is 2.21. The van der Waals surface area contributed by atoms with Crippen molar-refractivity contribution < 1.29 is 4.42 Å². The Morgan fingerprint density at radius 2 is 2.18 bits per heavy atom. The number of aromatic nitrogens is 1. The monoisotopic (exact) mass is 171 g/mol. The third-order valence-corrected chi connectivity index (χ3v) is 2.23. The quantitative estimate of drug-likeness (QED) is 0.606. The molecule has 3 heteroatoms. The van der Waals surface area contributed by atoms with Gasteiger partial charge < -0.3 is 4.42 Å². The molecule has 0 spiro atoms. The molecule has 1 aromatic rings. The van der Waals surface area contributed by atoms with Crippen molar-refractivity contribution in [3.8, 4) is 0 Å². The van der Waals surface area contributed by atoms with Gasteiger partial charge in [-0.2, -0.15) is 0 Å². The number of oxazole rings is 1. The van der Waals surface area contributed by atoms with E-state index in [1.807, 2.05) is 0 Å². The Kier molecular flexibility index (Phi) is 1.86. The Bertz CT molecular complexity index is 233. The van der Waals surface area contributed by atoms with Gasteiger partial charge in [0.15, 0.2) is 0 Å². The maximum absolute atomic E-state index is 5.59. The number of halogens is 1. The van der Waals surface area contributed by atoms with E-state index in [-0.39, 0.29) is 0 Å². The third kappa shape index (κ3) is 1.27. The largest absolute Gasteiger partial charge is 0.444 e. The van der Waals surface area contributed by atoms with Crippen molar-refractivity contribution >= 4 is 11.6 Å². The van der Waals surface area contributed by atoms with Gasteiger partial charge in [-0.15, -0.1) is 11.6 Å². The van der Waals surface area contributed by atoms with Crippen molar-refractivity contribution in [1.29, 1.82) is 0 Å². The van der Waals surface area contributed by atoms with E-state index >= 15 is 0 Å². The average molecular weight is 172 g/mol. The lowest BCUT2D eigenvalue weighted by molar-refractivity contribution is 0.451. The summed E-state index contributed by atoms with van der Waals surface area (Å²) in [5.41, 5.74) is 1.13. The first-order valence-corrected chi connectivity index (χ1v) is 4.47. The van der Waals surface area contributed by atoms with Crippen LogP contribution in [0.5, 0.6) is 0 Å². The summed E-state index contributed by atoms with van der Waals surface area (Å²) in [6.45, 7) is 0. The Balaban J connectivity index is 2.32. The summed E-state index contributed by atoms with van der Waals surface area (Å²) >= 11 is 5.59. The smallest absolute Gasteiger partial charge is 0.209 e. The summed E-state index contributed by atoms with van der Waals surface area (Å²) in [5, 5.41) is 0. The van der Waals surface area contributed by atoms with Crippen LogP contribution in [0.15, 0.2) is 4.42 Å². The first kappa shape index (κ1) is 7.17. The lowest BCUT2D eigenvalue weighted by atomic mass is 10.0. The first-order chi connectivity index (χ1) is 5.40. The van der Waals surface area contributed by atoms with Crippen molar-refractivity contribution in [2.24, 2.45) is 0 Å². The molecule has 11 heavy (non-hydrogen) atoms. The van der Waals surface area contributed by atoms with Crippen LogP contribution in [-0.4, -0.2) is 4.98 Å². The van der Waals surface area contributed by atoms with E-state index in [9.17, 15) is 0 Å². The van der Waals surface area contributed by atoms with Crippen LogP contribution in [0.25, 0.3) is 0 Å². The van der Waals surface area contributed by atoms with Gasteiger partial charge in [-0.05, 0) is 19.3 Å². The van der Waals surface area contributed by atoms with Gasteiger partial charge in [-0.3, -0.25) is 0 Å². The predicted molar refractivity (Wildman–Crippen MR) is 42.7 cm³/mol. The minimum atomic E-state index is 0.396. The molecular formula is C8H10ClNO. The van der Waals surface area contributed by atoms with Crippen molar-refractivity contribution in [3.63, 3.8) is 0 Å². The first-order valence-electron chi connectivity index (χ1n) is 3.93. The highest BCUT2D eigenvalue weighted by molar-refractivity contribution is 6.16. The Labute approximate surface area is 70.6 Å². The third-order valence-electron chi connectivity index (χ3n) is 2.00. The second kappa shape index (κ2) is 2.86. The molecule has 0 radical (unpaired) electrons. The van der Waals surface area contributed by atoms with Crippen LogP contribution in [0, 0.1) is 0 Å². The van der Waals surface area contributed by atoms with Crippen LogP contribution in [0.3, 0.4) is 0 Å². The Hall–Kier alpha value is -0.500. The molecule has 0 aromatic carbocycles. The number of rotatable bonds is 1. The van der Waals surface area contributed by atoms with Gasteiger partial charge in [-0.25, -0.2) is 4.98 Å². The van der Waals surface area contributed by atoms with Crippen molar-refractivity contribution in [3.05, 3.63) is 17.3 Å². The highest BCUT2D eigenvalue weighted by Gasteiger charge is 2.15. The second-order valence-corrected chi connectivity index (χ2v) is 3.09. The van der Waals surface area contributed by atoms with Gasteiger partial charge in [0.1, 0.15) is 5.76 Å². The fraction of sp³-hybridized carbons (Fsp3) is 0.625. The van der Waals surface area contributed by atoms with Gasteiger partial charge >= 0.3 is 0 Å². The van der Waals surface area contributed by atoms with Crippen LogP contribution in [0.4, 0.5) is 0 Å². The molecule has 1 aliphatic rings. The molecule has 0 fully saturated rings. The molecule has 2 rings (SSSR count). The number of hydrogen-bond acceptors (Lipinski definition) is 2. The lowest BCUT2D eigenvalue weighted by Gasteiger charge is -2.05. The van der Waals surface area contributed by atoms with Crippen molar-refractivity contribution in [2.45, 2.75) is 31.6 Å². The van der Waals surface area contributed by atoms with E-state index in [4.69, 9.17) is 16.0 Å². The molecule has 60 valence electrons. The SMILES string of the molecule is ClCc1nc2c(o1)CCCC2. The van der Waals surface area contributed by atoms with Crippen LogP contribution in [0.2, 0.25) is 0 Å². The molecule has 0 atom stereocenters. The summed E-state index contributed by atoms with van der Waals surface area (Å²) in [4.78, 5) is 4.27. The van der Waals surface area contributed by atoms with Crippen molar-refractivity contribution in [2.75, 3.05) is 0 Å². The molecule has 1 aromatic heterocycles. The van der Waals surface area contributed by atoms with Crippen LogP contribution in [-0.2, 0) is 18.7 Å². The number of fused-ring (bicyclic) bond motifs is 1. The number of hydrogen-bond donors (Lipinski definition) is 0. The normalized spacial score (nSPS) is 16.5. The van der Waals surface area contributed by atoms with E-state index in [0.717, 1.165) is 24.3 Å². The van der Waals surface area contributed by atoms with Crippen LogP contribution >= 0.6 is 11.6 Å². The fourth-order valence-electron chi connectivity index (χ4n) is 1.46. The summed E-state index contributed by atoms with van der Waals surface area (Å²) in [5.74, 6) is 2.14.